The van der Waals surface area contributed by atoms with Crippen molar-refractivity contribution in [3.05, 3.63) is 52.3 Å². The van der Waals surface area contributed by atoms with Crippen LogP contribution in [-0.4, -0.2) is 16.1 Å². The van der Waals surface area contributed by atoms with Crippen LogP contribution in [-0.2, 0) is 0 Å². The summed E-state index contributed by atoms with van der Waals surface area (Å²) in [6.07, 6.45) is 0. The van der Waals surface area contributed by atoms with E-state index in [1.54, 1.807) is 24.3 Å². The topological polar surface area (TPSA) is 50.2 Å². The average Bonchev–Trinajstić information content (AvgIpc) is 2.80. The number of hydrogen-bond donors (Lipinski definition) is 1. The number of carboxylic acid groups (broad SMARTS) is 1. The second-order valence-corrected chi connectivity index (χ2v) is 5.99. The maximum Gasteiger partial charge on any atom is 0.335 e. The van der Waals surface area contributed by atoms with Crippen LogP contribution in [0.3, 0.4) is 0 Å². The van der Waals surface area contributed by atoms with Crippen molar-refractivity contribution in [2.24, 2.45) is 0 Å². The molecule has 0 saturated heterocycles. The van der Waals surface area contributed by atoms with Crippen molar-refractivity contribution in [1.82, 2.24) is 4.98 Å². The third kappa shape index (κ3) is 2.21. The number of carbonyl (C=O) groups is 1. The van der Waals surface area contributed by atoms with E-state index in [1.807, 2.05) is 0 Å². The molecule has 0 fully saturated rings. The van der Waals surface area contributed by atoms with Gasteiger partial charge in [0.2, 0.25) is 0 Å². The van der Waals surface area contributed by atoms with E-state index in [1.165, 1.54) is 23.5 Å². The molecule has 0 unspecified atom stereocenters. The molecule has 6 heteroatoms. The lowest BCUT2D eigenvalue weighted by Gasteiger charge is -2.01. The van der Waals surface area contributed by atoms with Crippen molar-refractivity contribution in [2.75, 3.05) is 0 Å². The Balaban J connectivity index is 2.21. The van der Waals surface area contributed by atoms with E-state index in [-0.39, 0.29) is 11.4 Å². The quantitative estimate of drug-likeness (QED) is 0.735. The van der Waals surface area contributed by atoms with Gasteiger partial charge in [-0.2, -0.15) is 0 Å². The summed E-state index contributed by atoms with van der Waals surface area (Å²) >= 11 is 4.58. The van der Waals surface area contributed by atoms with Gasteiger partial charge in [-0.3, -0.25) is 0 Å². The molecule has 1 aromatic heterocycles. The number of halogens is 2. The van der Waals surface area contributed by atoms with Crippen molar-refractivity contribution >= 4 is 43.5 Å². The van der Waals surface area contributed by atoms with Crippen molar-refractivity contribution in [1.29, 1.82) is 0 Å². The van der Waals surface area contributed by atoms with E-state index in [4.69, 9.17) is 5.11 Å². The molecule has 3 rings (SSSR count). The molecule has 0 atom stereocenters. The summed E-state index contributed by atoms with van der Waals surface area (Å²) in [6.45, 7) is 0. The second kappa shape index (κ2) is 4.96. The third-order valence-corrected chi connectivity index (χ3v) is 4.51. The molecule has 2 aromatic carbocycles. The normalized spacial score (nSPS) is 10.9. The Morgan fingerprint density at radius 3 is 2.80 bits per heavy atom. The second-order valence-electron chi connectivity index (χ2n) is 4.10. The van der Waals surface area contributed by atoms with Gasteiger partial charge in [-0.25, -0.2) is 14.2 Å². The third-order valence-electron chi connectivity index (χ3n) is 2.81. The Kier molecular flexibility index (Phi) is 3.27. The number of benzene rings is 2. The molecule has 20 heavy (non-hydrogen) atoms. The minimum absolute atomic E-state index is 0.195. The zero-order valence-electron chi connectivity index (χ0n) is 9.93. The summed E-state index contributed by atoms with van der Waals surface area (Å²) in [5.74, 6) is -1.36. The van der Waals surface area contributed by atoms with Gasteiger partial charge in [0.15, 0.2) is 0 Å². The summed E-state index contributed by atoms with van der Waals surface area (Å²) in [7, 11) is 0. The predicted molar refractivity (Wildman–Crippen MR) is 79.7 cm³/mol. The molecule has 0 aliphatic rings. The van der Waals surface area contributed by atoms with Gasteiger partial charge in [0.05, 0.1) is 21.3 Å². The number of fused-ring (bicyclic) bond motifs is 1. The number of aromatic nitrogens is 1. The number of nitrogens with zero attached hydrogens (tertiary/aromatic N) is 1. The molecule has 100 valence electrons. The van der Waals surface area contributed by atoms with Crippen LogP contribution in [0.25, 0.3) is 20.8 Å². The molecule has 0 saturated carbocycles. The molecule has 0 aliphatic carbocycles. The Morgan fingerprint density at radius 2 is 2.10 bits per heavy atom. The maximum atomic E-state index is 13.9. The van der Waals surface area contributed by atoms with Crippen molar-refractivity contribution in [3.63, 3.8) is 0 Å². The monoisotopic (exact) mass is 351 g/mol. The van der Waals surface area contributed by atoms with Crippen LogP contribution in [0.2, 0.25) is 0 Å². The molecule has 0 bridgehead atoms. The Morgan fingerprint density at radius 1 is 1.30 bits per heavy atom. The van der Waals surface area contributed by atoms with E-state index in [9.17, 15) is 9.18 Å². The first-order chi connectivity index (χ1) is 9.56. The molecule has 3 aromatic rings. The SMILES string of the molecule is O=C(O)c1ccc2nc(-c3c(F)cccc3Br)sc2c1. The van der Waals surface area contributed by atoms with Crippen molar-refractivity contribution < 1.29 is 14.3 Å². The van der Waals surface area contributed by atoms with Crippen LogP contribution in [0.15, 0.2) is 40.9 Å². The standard InChI is InChI=1S/C14H7BrFNO2S/c15-8-2-1-3-9(16)12(8)13-17-10-5-4-7(14(18)19)6-11(10)20-13/h1-6H,(H,18,19). The van der Waals surface area contributed by atoms with Crippen LogP contribution in [0.5, 0.6) is 0 Å². The van der Waals surface area contributed by atoms with Crippen LogP contribution in [0.1, 0.15) is 10.4 Å². The average molecular weight is 352 g/mol. The van der Waals surface area contributed by atoms with Gasteiger partial charge in [0, 0.05) is 4.47 Å². The lowest BCUT2D eigenvalue weighted by molar-refractivity contribution is 0.0697. The molecule has 0 radical (unpaired) electrons. The van der Waals surface area contributed by atoms with Crippen LogP contribution < -0.4 is 0 Å². The van der Waals surface area contributed by atoms with Gasteiger partial charge >= 0.3 is 5.97 Å². The fourth-order valence-electron chi connectivity index (χ4n) is 1.87. The summed E-state index contributed by atoms with van der Waals surface area (Å²) in [4.78, 5) is 15.3. The van der Waals surface area contributed by atoms with Crippen LogP contribution in [0.4, 0.5) is 4.39 Å². The number of carboxylic acids is 1. The number of hydrogen-bond acceptors (Lipinski definition) is 3. The zero-order chi connectivity index (χ0) is 14.3. The summed E-state index contributed by atoms with van der Waals surface area (Å²) in [5.41, 5.74) is 1.25. The van der Waals surface area contributed by atoms with Gasteiger partial charge in [-0.05, 0) is 46.3 Å². The Labute approximate surface area is 125 Å². The molecule has 1 heterocycles. The fraction of sp³-hybridized carbons (Fsp3) is 0. The molecule has 0 spiro atoms. The molecular weight excluding hydrogens is 345 g/mol. The predicted octanol–water partition coefficient (Wildman–Crippen LogP) is 4.56. The molecular formula is C14H7BrFNO2S. The molecule has 0 amide bonds. The lowest BCUT2D eigenvalue weighted by atomic mass is 10.2. The summed E-state index contributed by atoms with van der Waals surface area (Å²) < 4.78 is 15.3. The lowest BCUT2D eigenvalue weighted by Crippen LogP contribution is -1.94. The van der Waals surface area contributed by atoms with E-state index in [0.717, 1.165) is 4.70 Å². The first-order valence-electron chi connectivity index (χ1n) is 5.64. The number of rotatable bonds is 2. The van der Waals surface area contributed by atoms with Gasteiger partial charge in [0.25, 0.3) is 0 Å². The van der Waals surface area contributed by atoms with Crippen molar-refractivity contribution in [3.8, 4) is 10.6 Å². The highest BCUT2D eigenvalue weighted by Crippen LogP contribution is 2.36. The van der Waals surface area contributed by atoms with Gasteiger partial charge in [-0.1, -0.05) is 6.07 Å². The van der Waals surface area contributed by atoms with E-state index >= 15 is 0 Å². The summed E-state index contributed by atoms with van der Waals surface area (Å²) in [5, 5.41) is 9.49. The number of aromatic carboxylic acids is 1. The highest BCUT2D eigenvalue weighted by Gasteiger charge is 2.15. The first kappa shape index (κ1) is 13.2. The number of thiazole rings is 1. The van der Waals surface area contributed by atoms with Crippen LogP contribution >= 0.6 is 27.3 Å². The fourth-order valence-corrected chi connectivity index (χ4v) is 3.59. The highest BCUT2D eigenvalue weighted by atomic mass is 79.9. The van der Waals surface area contributed by atoms with Gasteiger partial charge in [-0.15, -0.1) is 11.3 Å². The van der Waals surface area contributed by atoms with Crippen LogP contribution in [0, 0.1) is 5.82 Å². The zero-order valence-corrected chi connectivity index (χ0v) is 12.3. The van der Waals surface area contributed by atoms with E-state index in [2.05, 4.69) is 20.9 Å². The van der Waals surface area contributed by atoms with Gasteiger partial charge < -0.3 is 5.11 Å². The minimum atomic E-state index is -0.992. The van der Waals surface area contributed by atoms with Crippen molar-refractivity contribution in [2.45, 2.75) is 0 Å². The highest BCUT2D eigenvalue weighted by molar-refractivity contribution is 9.10. The Hall–Kier alpha value is -1.79. The maximum absolute atomic E-state index is 13.9. The molecule has 0 aliphatic heterocycles. The first-order valence-corrected chi connectivity index (χ1v) is 7.25. The minimum Gasteiger partial charge on any atom is -0.478 e. The smallest absolute Gasteiger partial charge is 0.335 e. The largest absolute Gasteiger partial charge is 0.478 e. The summed E-state index contributed by atoms with van der Waals surface area (Å²) in [6, 6.07) is 9.40. The van der Waals surface area contributed by atoms with E-state index in [0.29, 0.717) is 20.6 Å². The van der Waals surface area contributed by atoms with E-state index < -0.39 is 5.97 Å². The molecule has 3 nitrogen and oxygen atoms in total. The van der Waals surface area contributed by atoms with Gasteiger partial charge in [0.1, 0.15) is 10.8 Å². The molecule has 1 N–H and O–H groups in total. The Bertz CT molecular complexity index is 811.